The predicted molar refractivity (Wildman–Crippen MR) is 64.7 cm³/mol. The zero-order chi connectivity index (χ0) is 13.4. The van der Waals surface area contributed by atoms with Crippen LogP contribution in [0.5, 0.6) is 5.75 Å². The highest BCUT2D eigenvalue weighted by molar-refractivity contribution is 5.74. The number of hydrogen-bond acceptors (Lipinski definition) is 4. The Balaban J connectivity index is 2.25. The minimum Gasteiger partial charge on any atom is -0.497 e. The van der Waals surface area contributed by atoms with Crippen molar-refractivity contribution in [3.05, 3.63) is 29.6 Å². The molecule has 0 fully saturated rings. The molecule has 6 heteroatoms. The van der Waals surface area contributed by atoms with Crippen molar-refractivity contribution in [3.8, 4) is 5.75 Å². The van der Waals surface area contributed by atoms with E-state index in [1.807, 2.05) is 0 Å². The maximum absolute atomic E-state index is 13.5. The Morgan fingerprint density at radius 1 is 1.50 bits per heavy atom. The first-order valence-electron chi connectivity index (χ1n) is 5.52. The van der Waals surface area contributed by atoms with Crippen molar-refractivity contribution >= 4 is 5.91 Å². The quantitative estimate of drug-likeness (QED) is 0.661. The van der Waals surface area contributed by atoms with Crippen LogP contribution in [0.2, 0.25) is 0 Å². The number of hydrogen-bond donors (Lipinski definition) is 2. The fourth-order valence-corrected chi connectivity index (χ4v) is 1.34. The Morgan fingerprint density at radius 3 is 2.89 bits per heavy atom. The van der Waals surface area contributed by atoms with Gasteiger partial charge in [0.1, 0.15) is 18.2 Å². The predicted octanol–water partition coefficient (Wildman–Crippen LogP) is 0.426. The molecule has 0 unspecified atom stereocenters. The molecule has 5 nitrogen and oxygen atoms in total. The van der Waals surface area contributed by atoms with Gasteiger partial charge < -0.3 is 20.5 Å². The molecule has 0 aliphatic heterocycles. The summed E-state index contributed by atoms with van der Waals surface area (Å²) in [6.07, 6.45) is 0. The van der Waals surface area contributed by atoms with Crippen LogP contribution in [0.1, 0.15) is 5.56 Å². The number of methoxy groups -OCH3 is 1. The van der Waals surface area contributed by atoms with Gasteiger partial charge in [0.2, 0.25) is 5.91 Å². The monoisotopic (exact) mass is 256 g/mol. The molecule has 0 saturated heterocycles. The first-order valence-corrected chi connectivity index (χ1v) is 5.52. The third-order valence-corrected chi connectivity index (χ3v) is 2.24. The molecular formula is C12H17FN2O3. The van der Waals surface area contributed by atoms with Crippen LogP contribution in [0, 0.1) is 5.82 Å². The lowest BCUT2D eigenvalue weighted by molar-refractivity contribution is -0.122. The van der Waals surface area contributed by atoms with E-state index < -0.39 is 5.91 Å². The number of carbonyl (C=O) groups excluding carboxylic acids is 1. The van der Waals surface area contributed by atoms with Gasteiger partial charge in [0.15, 0.2) is 0 Å². The van der Waals surface area contributed by atoms with Gasteiger partial charge in [-0.05, 0) is 6.07 Å². The van der Waals surface area contributed by atoms with Crippen LogP contribution in [-0.2, 0) is 16.1 Å². The Bertz CT molecular complexity index is 399. The van der Waals surface area contributed by atoms with Crippen LogP contribution < -0.4 is 15.8 Å². The molecule has 18 heavy (non-hydrogen) atoms. The van der Waals surface area contributed by atoms with E-state index in [1.165, 1.54) is 13.2 Å². The van der Waals surface area contributed by atoms with Gasteiger partial charge in [0.05, 0.1) is 13.7 Å². The lowest BCUT2D eigenvalue weighted by atomic mass is 10.2. The highest BCUT2D eigenvalue weighted by atomic mass is 19.1. The molecule has 0 heterocycles. The van der Waals surface area contributed by atoms with Crippen molar-refractivity contribution in [1.82, 2.24) is 5.32 Å². The second kappa shape index (κ2) is 7.62. The Labute approximate surface area is 105 Å². The molecule has 1 aromatic carbocycles. The van der Waals surface area contributed by atoms with Crippen molar-refractivity contribution < 1.29 is 18.7 Å². The maximum Gasteiger partial charge on any atom is 0.243 e. The highest BCUT2D eigenvalue weighted by Crippen LogP contribution is 2.15. The lowest BCUT2D eigenvalue weighted by Gasteiger charge is -2.07. The van der Waals surface area contributed by atoms with Crippen molar-refractivity contribution in [2.24, 2.45) is 5.73 Å². The first kappa shape index (κ1) is 14.4. The molecule has 0 radical (unpaired) electrons. The Hall–Kier alpha value is -1.66. The highest BCUT2D eigenvalue weighted by Gasteiger charge is 2.03. The Kier molecular flexibility index (Phi) is 6.10. The van der Waals surface area contributed by atoms with E-state index >= 15 is 0 Å². The fraction of sp³-hybridized carbons (Fsp3) is 0.417. The molecule has 0 atom stereocenters. The van der Waals surface area contributed by atoms with Gasteiger partial charge in [0.25, 0.3) is 0 Å². The maximum atomic E-state index is 13.5. The minimum atomic E-state index is -0.504. The van der Waals surface area contributed by atoms with Gasteiger partial charge in [-0.3, -0.25) is 4.79 Å². The van der Waals surface area contributed by atoms with Crippen LogP contribution in [0.4, 0.5) is 4.39 Å². The number of amides is 1. The molecular weight excluding hydrogens is 239 g/mol. The zero-order valence-corrected chi connectivity index (χ0v) is 10.2. The third-order valence-electron chi connectivity index (χ3n) is 2.24. The molecule has 0 bridgehead atoms. The number of ether oxygens (including phenoxy) is 2. The van der Waals surface area contributed by atoms with E-state index in [4.69, 9.17) is 15.2 Å². The van der Waals surface area contributed by atoms with E-state index in [9.17, 15) is 9.18 Å². The van der Waals surface area contributed by atoms with Gasteiger partial charge >= 0.3 is 0 Å². The zero-order valence-electron chi connectivity index (χ0n) is 10.2. The lowest BCUT2D eigenvalue weighted by Crippen LogP contribution is -2.24. The van der Waals surface area contributed by atoms with Crippen molar-refractivity contribution in [1.29, 1.82) is 0 Å². The molecule has 0 aliphatic carbocycles. The summed E-state index contributed by atoms with van der Waals surface area (Å²) in [5.41, 5.74) is 5.45. The SMILES string of the molecule is COc1ccc(CNCCOCC(N)=O)c(F)c1. The standard InChI is InChI=1S/C12H17FN2O3/c1-17-10-3-2-9(11(13)6-10)7-15-4-5-18-8-12(14)16/h2-3,6,15H,4-5,7-8H2,1H3,(H2,14,16). The van der Waals surface area contributed by atoms with Gasteiger partial charge in [-0.1, -0.05) is 6.07 Å². The summed E-state index contributed by atoms with van der Waals surface area (Å²) in [5.74, 6) is -0.336. The second-order valence-electron chi connectivity index (χ2n) is 3.65. The number of carbonyl (C=O) groups is 1. The van der Waals surface area contributed by atoms with Crippen LogP contribution in [0.3, 0.4) is 0 Å². The summed E-state index contributed by atoms with van der Waals surface area (Å²) >= 11 is 0. The summed E-state index contributed by atoms with van der Waals surface area (Å²) in [5, 5.41) is 3.00. The smallest absolute Gasteiger partial charge is 0.243 e. The van der Waals surface area contributed by atoms with Crippen molar-refractivity contribution in [3.63, 3.8) is 0 Å². The third kappa shape index (κ3) is 5.11. The average Bonchev–Trinajstić information content (AvgIpc) is 2.34. The van der Waals surface area contributed by atoms with E-state index in [1.54, 1.807) is 12.1 Å². The van der Waals surface area contributed by atoms with Crippen LogP contribution in [0.25, 0.3) is 0 Å². The summed E-state index contributed by atoms with van der Waals surface area (Å²) in [6, 6.07) is 4.69. The molecule has 3 N–H and O–H groups in total. The van der Waals surface area contributed by atoms with Crippen molar-refractivity contribution in [2.75, 3.05) is 26.9 Å². The summed E-state index contributed by atoms with van der Waals surface area (Å²) < 4.78 is 23.4. The van der Waals surface area contributed by atoms with Gasteiger partial charge in [-0.15, -0.1) is 0 Å². The van der Waals surface area contributed by atoms with E-state index in [0.717, 1.165) is 0 Å². The molecule has 0 saturated carbocycles. The molecule has 0 spiro atoms. The van der Waals surface area contributed by atoms with Crippen LogP contribution in [-0.4, -0.2) is 32.8 Å². The van der Waals surface area contributed by atoms with E-state index in [0.29, 0.717) is 31.0 Å². The number of nitrogens with two attached hydrogens (primary N) is 1. The number of rotatable bonds is 8. The molecule has 1 rings (SSSR count). The minimum absolute atomic E-state index is 0.0986. The normalized spacial score (nSPS) is 10.3. The summed E-state index contributed by atoms with van der Waals surface area (Å²) in [6.45, 7) is 1.15. The number of halogens is 1. The molecule has 1 aromatic rings. The molecule has 0 aromatic heterocycles. The van der Waals surface area contributed by atoms with Crippen LogP contribution >= 0.6 is 0 Å². The topological polar surface area (TPSA) is 73.6 Å². The average molecular weight is 256 g/mol. The van der Waals surface area contributed by atoms with E-state index in [2.05, 4.69) is 5.32 Å². The number of primary amides is 1. The second-order valence-corrected chi connectivity index (χ2v) is 3.65. The largest absolute Gasteiger partial charge is 0.497 e. The molecule has 0 aliphatic rings. The number of benzene rings is 1. The molecule has 1 amide bonds. The Morgan fingerprint density at radius 2 is 2.28 bits per heavy atom. The van der Waals surface area contributed by atoms with Crippen molar-refractivity contribution in [2.45, 2.75) is 6.54 Å². The summed E-state index contributed by atoms with van der Waals surface area (Å²) in [7, 11) is 1.49. The summed E-state index contributed by atoms with van der Waals surface area (Å²) in [4.78, 5) is 10.4. The molecule has 100 valence electrons. The van der Waals surface area contributed by atoms with Crippen LogP contribution in [0.15, 0.2) is 18.2 Å². The van der Waals surface area contributed by atoms with Gasteiger partial charge in [0, 0.05) is 24.7 Å². The van der Waals surface area contributed by atoms with Gasteiger partial charge in [-0.2, -0.15) is 0 Å². The van der Waals surface area contributed by atoms with Gasteiger partial charge in [-0.25, -0.2) is 4.39 Å². The first-order chi connectivity index (χ1) is 8.63. The fourth-order valence-electron chi connectivity index (χ4n) is 1.34. The number of nitrogens with one attached hydrogen (secondary N) is 1. The van der Waals surface area contributed by atoms with E-state index in [-0.39, 0.29) is 12.4 Å².